The Balaban J connectivity index is 1.74. The van der Waals surface area contributed by atoms with E-state index in [0.717, 1.165) is 19.4 Å². The largest absolute Gasteiger partial charge is 0.354 e. The molecule has 1 saturated heterocycles. The van der Waals surface area contributed by atoms with Crippen LogP contribution in [0.15, 0.2) is 30.3 Å². The highest BCUT2D eigenvalue weighted by molar-refractivity contribution is 5.93. The molecule has 1 saturated carbocycles. The van der Waals surface area contributed by atoms with Crippen LogP contribution in [0.1, 0.15) is 52.0 Å². The van der Waals surface area contributed by atoms with E-state index in [1.165, 1.54) is 18.4 Å². The number of carbonyl (C=O) groups excluding carboxylic acids is 3. The number of carbonyl (C=O) groups is 3. The van der Waals surface area contributed by atoms with Crippen LogP contribution >= 0.6 is 0 Å². The van der Waals surface area contributed by atoms with Gasteiger partial charge in [0.05, 0.1) is 6.04 Å². The lowest BCUT2D eigenvalue weighted by molar-refractivity contribution is -0.147. The molecule has 0 radical (unpaired) electrons. The number of benzene rings is 1. The first kappa shape index (κ1) is 27.1. The van der Waals surface area contributed by atoms with Gasteiger partial charge in [-0.3, -0.25) is 19.3 Å². The van der Waals surface area contributed by atoms with Crippen LogP contribution in [0.25, 0.3) is 0 Å². The summed E-state index contributed by atoms with van der Waals surface area (Å²) in [5, 5.41) is 8.98. The Morgan fingerprint density at radius 2 is 1.71 bits per heavy atom. The summed E-state index contributed by atoms with van der Waals surface area (Å²) < 4.78 is 0. The van der Waals surface area contributed by atoms with Crippen molar-refractivity contribution in [2.75, 3.05) is 33.2 Å². The molecule has 35 heavy (non-hydrogen) atoms. The molecule has 1 aromatic rings. The smallest absolute Gasteiger partial charge is 0.246 e. The fourth-order valence-corrected chi connectivity index (χ4v) is 4.99. The minimum absolute atomic E-state index is 0.0968. The lowest BCUT2D eigenvalue weighted by Gasteiger charge is -2.42. The molecule has 0 aromatic heterocycles. The van der Waals surface area contributed by atoms with Crippen LogP contribution in [-0.2, 0) is 20.9 Å². The maximum Gasteiger partial charge on any atom is 0.246 e. The van der Waals surface area contributed by atoms with E-state index in [1.54, 1.807) is 18.9 Å². The number of nitrogens with one attached hydrogen (secondary N) is 3. The summed E-state index contributed by atoms with van der Waals surface area (Å²) in [6, 6.07) is 8.53. The van der Waals surface area contributed by atoms with E-state index in [4.69, 9.17) is 0 Å². The molecule has 1 aromatic carbocycles. The molecule has 8 nitrogen and oxygen atoms in total. The second-order valence-corrected chi connectivity index (χ2v) is 10.4. The molecule has 3 atom stereocenters. The van der Waals surface area contributed by atoms with Crippen molar-refractivity contribution < 1.29 is 14.4 Å². The van der Waals surface area contributed by atoms with Gasteiger partial charge in [0, 0.05) is 32.7 Å². The highest BCUT2D eigenvalue weighted by atomic mass is 16.2. The van der Waals surface area contributed by atoms with Crippen molar-refractivity contribution in [3.05, 3.63) is 35.9 Å². The van der Waals surface area contributed by atoms with Gasteiger partial charge in [0.25, 0.3) is 0 Å². The first-order valence-corrected chi connectivity index (χ1v) is 13.1. The van der Waals surface area contributed by atoms with Crippen molar-refractivity contribution >= 4 is 17.7 Å². The van der Waals surface area contributed by atoms with Crippen LogP contribution in [-0.4, -0.2) is 78.9 Å². The molecule has 1 aliphatic carbocycles. The quantitative estimate of drug-likeness (QED) is 0.470. The fraction of sp³-hybridized carbons (Fsp3) is 0.667. The Morgan fingerprint density at radius 1 is 1.03 bits per heavy atom. The number of nitrogens with zero attached hydrogens (tertiary/aromatic N) is 2. The van der Waals surface area contributed by atoms with Gasteiger partial charge in [0.2, 0.25) is 17.7 Å². The van der Waals surface area contributed by atoms with E-state index in [2.05, 4.69) is 33.0 Å². The molecule has 1 heterocycles. The van der Waals surface area contributed by atoms with Gasteiger partial charge in [-0.2, -0.15) is 0 Å². The molecule has 8 heteroatoms. The summed E-state index contributed by atoms with van der Waals surface area (Å²) in [6.07, 6.45) is 4.75. The van der Waals surface area contributed by atoms with Gasteiger partial charge in [-0.15, -0.1) is 0 Å². The van der Waals surface area contributed by atoms with Gasteiger partial charge in [0.15, 0.2) is 0 Å². The van der Waals surface area contributed by atoms with E-state index in [9.17, 15) is 14.4 Å². The van der Waals surface area contributed by atoms with Crippen molar-refractivity contribution in [1.82, 2.24) is 25.8 Å². The Labute approximate surface area is 210 Å². The number of amides is 3. The van der Waals surface area contributed by atoms with E-state index in [0.29, 0.717) is 32.1 Å². The van der Waals surface area contributed by atoms with Crippen LogP contribution in [0, 0.1) is 11.8 Å². The number of hydrogen-bond donors (Lipinski definition) is 3. The topological polar surface area (TPSA) is 93.8 Å². The van der Waals surface area contributed by atoms with E-state index >= 15 is 0 Å². The molecule has 2 aliphatic rings. The van der Waals surface area contributed by atoms with E-state index in [-0.39, 0.29) is 23.6 Å². The van der Waals surface area contributed by atoms with Gasteiger partial charge >= 0.3 is 0 Å². The number of likely N-dealkylation sites (N-methyl/N-ethyl adjacent to an activating group) is 1. The van der Waals surface area contributed by atoms with Crippen LogP contribution < -0.4 is 16.0 Å². The lowest BCUT2D eigenvalue weighted by atomic mass is 9.99. The van der Waals surface area contributed by atoms with Gasteiger partial charge in [0.1, 0.15) is 12.1 Å². The van der Waals surface area contributed by atoms with Gasteiger partial charge < -0.3 is 20.9 Å². The predicted molar refractivity (Wildman–Crippen MR) is 137 cm³/mol. The van der Waals surface area contributed by atoms with Crippen molar-refractivity contribution in [1.29, 1.82) is 0 Å². The van der Waals surface area contributed by atoms with Crippen LogP contribution in [0.3, 0.4) is 0 Å². The monoisotopic (exact) mass is 485 g/mol. The minimum Gasteiger partial charge on any atom is -0.354 e. The third kappa shape index (κ3) is 7.51. The highest BCUT2D eigenvalue weighted by Crippen LogP contribution is 2.24. The maximum atomic E-state index is 13.7. The molecule has 194 valence electrons. The zero-order valence-electron chi connectivity index (χ0n) is 21.8. The maximum absolute atomic E-state index is 13.7. The molecule has 2 fully saturated rings. The zero-order chi connectivity index (χ0) is 25.4. The first-order valence-electron chi connectivity index (χ1n) is 13.1. The molecular formula is C27H43N5O3. The molecule has 0 unspecified atom stereocenters. The summed E-state index contributed by atoms with van der Waals surface area (Å²) >= 11 is 0. The van der Waals surface area contributed by atoms with Crippen LogP contribution in [0.2, 0.25) is 0 Å². The Kier molecular flexibility index (Phi) is 10.1. The van der Waals surface area contributed by atoms with Gasteiger partial charge in [-0.1, -0.05) is 57.0 Å². The fourth-order valence-electron chi connectivity index (χ4n) is 4.99. The lowest BCUT2D eigenvalue weighted by Crippen LogP contribution is -2.64. The average Bonchev–Trinajstić information content (AvgIpc) is 3.39. The number of hydrogen-bond acceptors (Lipinski definition) is 5. The third-order valence-electron chi connectivity index (χ3n) is 7.40. The molecule has 0 bridgehead atoms. The SMILES string of the molecule is CN[C@@H](C)C(=O)N[C@H](C(=O)N1CCN(Cc2ccccc2)C[C@H]1C(=O)NCC1CCCC1)C(C)C. The van der Waals surface area contributed by atoms with Crippen molar-refractivity contribution in [2.45, 2.75) is 71.1 Å². The van der Waals surface area contributed by atoms with Crippen LogP contribution in [0.5, 0.6) is 0 Å². The highest BCUT2D eigenvalue weighted by Gasteiger charge is 2.39. The summed E-state index contributed by atoms with van der Waals surface area (Å²) in [4.78, 5) is 43.6. The van der Waals surface area contributed by atoms with E-state index < -0.39 is 18.1 Å². The minimum atomic E-state index is -0.677. The van der Waals surface area contributed by atoms with E-state index in [1.807, 2.05) is 32.0 Å². The van der Waals surface area contributed by atoms with Crippen molar-refractivity contribution in [2.24, 2.45) is 11.8 Å². The summed E-state index contributed by atoms with van der Waals surface area (Å²) in [6.45, 7) is 8.62. The Bertz CT molecular complexity index is 840. The second-order valence-electron chi connectivity index (χ2n) is 10.4. The van der Waals surface area contributed by atoms with Gasteiger partial charge in [-0.05, 0) is 44.2 Å². The molecule has 3 N–H and O–H groups in total. The molecule has 1 aliphatic heterocycles. The summed E-state index contributed by atoms with van der Waals surface area (Å²) in [5.74, 6) is -0.0696. The Hall–Kier alpha value is -2.45. The van der Waals surface area contributed by atoms with Crippen LogP contribution in [0.4, 0.5) is 0 Å². The van der Waals surface area contributed by atoms with Crippen molar-refractivity contribution in [3.8, 4) is 0 Å². The number of piperazine rings is 1. The third-order valence-corrected chi connectivity index (χ3v) is 7.40. The molecule has 3 amide bonds. The second kappa shape index (κ2) is 13.0. The average molecular weight is 486 g/mol. The first-order chi connectivity index (χ1) is 16.8. The predicted octanol–water partition coefficient (Wildman–Crippen LogP) is 1.75. The standard InChI is InChI=1S/C27H43N5O3/c1-19(2)24(30-25(33)20(3)28-4)27(35)32-15-14-31(17-22-12-6-5-7-13-22)18-23(32)26(34)29-16-21-10-8-9-11-21/h5-7,12-13,19-21,23-24,28H,8-11,14-18H2,1-4H3,(H,29,34)(H,30,33)/t20-,23-,24-/m0/s1. The number of rotatable bonds is 10. The summed E-state index contributed by atoms with van der Waals surface area (Å²) in [5.41, 5.74) is 1.19. The normalized spacial score (nSPS) is 21.1. The molecular weight excluding hydrogens is 442 g/mol. The van der Waals surface area contributed by atoms with Crippen molar-refractivity contribution in [3.63, 3.8) is 0 Å². The molecule has 0 spiro atoms. The molecule has 3 rings (SSSR count). The van der Waals surface area contributed by atoms with Gasteiger partial charge in [-0.25, -0.2) is 0 Å². The summed E-state index contributed by atoms with van der Waals surface area (Å²) in [7, 11) is 1.72. The zero-order valence-corrected chi connectivity index (χ0v) is 21.8. The Morgan fingerprint density at radius 3 is 2.34 bits per heavy atom.